The van der Waals surface area contributed by atoms with Crippen molar-refractivity contribution >= 4 is 29.5 Å². The Morgan fingerprint density at radius 3 is 2.69 bits per heavy atom. The molecule has 6 atom stereocenters. The number of carbonyl (C=O) groups is 3. The second-order valence-corrected chi connectivity index (χ2v) is 11.6. The minimum atomic E-state index is -0.635. The van der Waals surface area contributed by atoms with E-state index in [1.165, 1.54) is 0 Å². The van der Waals surface area contributed by atoms with Crippen LogP contribution in [0.5, 0.6) is 0 Å². The zero-order valence-corrected chi connectivity index (χ0v) is 22.1. The molecule has 0 radical (unpaired) electrons. The zero-order valence-electron chi connectivity index (χ0n) is 21.3. The number of aliphatic hydroxyl groups excluding tert-OH is 1. The summed E-state index contributed by atoms with van der Waals surface area (Å²) in [4.78, 5) is 44.9. The molecule has 35 heavy (non-hydrogen) atoms. The van der Waals surface area contributed by atoms with E-state index in [-0.39, 0.29) is 42.2 Å². The molecule has 3 unspecified atom stereocenters. The van der Waals surface area contributed by atoms with Crippen molar-refractivity contribution in [2.24, 2.45) is 17.8 Å². The van der Waals surface area contributed by atoms with Gasteiger partial charge in [0.1, 0.15) is 6.04 Å². The highest BCUT2D eigenvalue weighted by Gasteiger charge is 2.76. The number of unbranched alkanes of at least 4 members (excludes halogenated alkanes) is 3. The van der Waals surface area contributed by atoms with E-state index in [2.05, 4.69) is 27.0 Å². The molecule has 0 aromatic heterocycles. The number of esters is 1. The first-order chi connectivity index (χ1) is 16.9. The van der Waals surface area contributed by atoms with Gasteiger partial charge in [-0.25, -0.2) is 0 Å². The second-order valence-electron chi connectivity index (χ2n) is 10.0. The summed E-state index contributed by atoms with van der Waals surface area (Å²) in [6.07, 6.45) is 8.98. The van der Waals surface area contributed by atoms with Crippen molar-refractivity contribution in [3.8, 4) is 0 Å². The number of ether oxygens (including phenoxy) is 1. The second kappa shape index (κ2) is 12.4. The van der Waals surface area contributed by atoms with Crippen molar-refractivity contribution in [3.05, 3.63) is 25.3 Å². The van der Waals surface area contributed by atoms with E-state index in [1.807, 2.05) is 4.90 Å². The Morgan fingerprint density at radius 1 is 1.26 bits per heavy atom. The summed E-state index contributed by atoms with van der Waals surface area (Å²) >= 11 is 1.67. The molecule has 0 saturated carbocycles. The summed E-state index contributed by atoms with van der Waals surface area (Å²) in [6.45, 7) is 13.6. The van der Waals surface area contributed by atoms with E-state index in [1.54, 1.807) is 28.8 Å². The molecule has 0 aromatic rings. The van der Waals surface area contributed by atoms with Crippen LogP contribution in [0.1, 0.15) is 58.8 Å². The largest absolute Gasteiger partial charge is 0.465 e. The molecule has 196 valence electrons. The summed E-state index contributed by atoms with van der Waals surface area (Å²) in [7, 11) is 0. The molecule has 3 heterocycles. The third kappa shape index (κ3) is 5.19. The lowest BCUT2D eigenvalue weighted by Crippen LogP contribution is -2.57. The maximum Gasteiger partial charge on any atom is 0.310 e. The number of hydrogen-bond donors (Lipinski definition) is 1. The van der Waals surface area contributed by atoms with Crippen LogP contribution in [0, 0.1) is 17.8 Å². The number of aliphatic hydroxyl groups is 1. The van der Waals surface area contributed by atoms with Gasteiger partial charge in [0.15, 0.2) is 0 Å². The maximum atomic E-state index is 14.2. The third-order valence-corrected chi connectivity index (χ3v) is 9.89. The summed E-state index contributed by atoms with van der Waals surface area (Å²) in [5.74, 6) is -1.43. The average Bonchev–Trinajstić information content (AvgIpc) is 3.42. The van der Waals surface area contributed by atoms with E-state index in [0.29, 0.717) is 38.9 Å². The van der Waals surface area contributed by atoms with Crippen LogP contribution in [0.4, 0.5) is 0 Å². The molecule has 0 aromatic carbocycles. The Kier molecular flexibility index (Phi) is 9.87. The monoisotopic (exact) mass is 506 g/mol. The van der Waals surface area contributed by atoms with Crippen molar-refractivity contribution in [1.82, 2.24) is 9.80 Å². The Hall–Kier alpha value is -1.80. The molecular formula is C27H42N2O5S. The summed E-state index contributed by atoms with van der Waals surface area (Å²) < 4.78 is 4.92. The number of nitrogens with zero attached hydrogens (tertiary/aromatic N) is 2. The molecule has 1 spiro atoms. The fourth-order valence-corrected chi connectivity index (χ4v) is 8.62. The number of carbonyl (C=O) groups excluding carboxylic acids is 3. The molecule has 3 saturated heterocycles. The van der Waals surface area contributed by atoms with Crippen LogP contribution in [0.15, 0.2) is 25.3 Å². The van der Waals surface area contributed by atoms with Crippen molar-refractivity contribution in [2.45, 2.75) is 74.8 Å². The van der Waals surface area contributed by atoms with Gasteiger partial charge in [0.25, 0.3) is 0 Å². The average molecular weight is 507 g/mol. The molecule has 7 nitrogen and oxygen atoms in total. The molecule has 1 N–H and O–H groups in total. The molecule has 3 rings (SSSR count). The Balaban J connectivity index is 1.96. The van der Waals surface area contributed by atoms with Gasteiger partial charge in [0.2, 0.25) is 11.8 Å². The number of likely N-dealkylation sites (tertiary alicyclic amines) is 1. The molecule has 0 aliphatic carbocycles. The fourth-order valence-electron chi connectivity index (χ4n) is 6.21. The van der Waals surface area contributed by atoms with Crippen molar-refractivity contribution < 1.29 is 24.2 Å². The van der Waals surface area contributed by atoms with E-state index >= 15 is 0 Å². The standard InChI is InChI=1S/C27H42N2O5S/c1-5-8-10-14-28(13-7-3)25(32)23-27-19(4)18-20(35-27)21(26(33)34-17-9-6-2)22(27)24(31)29(23)15-11-12-16-30/h6-7,19-23,30H,2-3,5,8-18H2,1,4H3/t19?,20-,21+,22+,23?,27?/m1/s1. The van der Waals surface area contributed by atoms with Gasteiger partial charge in [-0.15, -0.1) is 24.9 Å². The molecule has 2 amide bonds. The number of amides is 2. The Labute approximate surface area is 214 Å². The molecular weight excluding hydrogens is 464 g/mol. The van der Waals surface area contributed by atoms with Gasteiger partial charge in [-0.2, -0.15) is 0 Å². The molecule has 3 aliphatic heterocycles. The first kappa shape index (κ1) is 27.8. The zero-order chi connectivity index (χ0) is 25.6. The highest BCUT2D eigenvalue weighted by atomic mass is 32.2. The lowest BCUT2D eigenvalue weighted by molar-refractivity contribution is -0.154. The van der Waals surface area contributed by atoms with Gasteiger partial charge >= 0.3 is 5.97 Å². The van der Waals surface area contributed by atoms with Crippen molar-refractivity contribution in [3.63, 3.8) is 0 Å². The highest BCUT2D eigenvalue weighted by Crippen LogP contribution is 2.68. The van der Waals surface area contributed by atoms with E-state index < -0.39 is 22.6 Å². The lowest BCUT2D eigenvalue weighted by atomic mass is 9.66. The molecule has 3 aliphatic rings. The van der Waals surface area contributed by atoms with Gasteiger partial charge in [-0.05, 0) is 38.0 Å². The van der Waals surface area contributed by atoms with Crippen molar-refractivity contribution in [1.29, 1.82) is 0 Å². The van der Waals surface area contributed by atoms with E-state index in [4.69, 9.17) is 4.74 Å². The predicted molar refractivity (Wildman–Crippen MR) is 139 cm³/mol. The molecule has 8 heteroatoms. The third-order valence-electron chi connectivity index (χ3n) is 7.82. The summed E-state index contributed by atoms with van der Waals surface area (Å²) in [5, 5.41) is 9.31. The van der Waals surface area contributed by atoms with Crippen LogP contribution in [0.25, 0.3) is 0 Å². The van der Waals surface area contributed by atoms with Crippen LogP contribution in [0.3, 0.4) is 0 Å². The van der Waals surface area contributed by atoms with Crippen LogP contribution in [0.2, 0.25) is 0 Å². The fraction of sp³-hybridized carbons (Fsp3) is 0.741. The molecule has 2 bridgehead atoms. The Bertz CT molecular complexity index is 804. The van der Waals surface area contributed by atoms with Crippen LogP contribution >= 0.6 is 11.8 Å². The lowest BCUT2D eigenvalue weighted by Gasteiger charge is -2.40. The maximum absolute atomic E-state index is 14.2. The normalized spacial score (nSPS) is 30.9. The van der Waals surface area contributed by atoms with Crippen LogP contribution < -0.4 is 0 Å². The minimum Gasteiger partial charge on any atom is -0.465 e. The predicted octanol–water partition coefficient (Wildman–Crippen LogP) is 3.42. The molecule has 3 fully saturated rings. The van der Waals surface area contributed by atoms with Crippen molar-refractivity contribution in [2.75, 3.05) is 32.8 Å². The first-order valence-electron chi connectivity index (χ1n) is 13.1. The van der Waals surface area contributed by atoms with Gasteiger partial charge in [0, 0.05) is 31.5 Å². The van der Waals surface area contributed by atoms with Gasteiger partial charge in [-0.3, -0.25) is 14.4 Å². The topological polar surface area (TPSA) is 87.1 Å². The SMILES string of the molecule is C=CCCOC(=O)[C@@H]1[C@H]2C(=O)N(CCCCO)C(C(=O)N(CC=C)CCCCC)C23S[C@@H]1CC3C. The number of rotatable bonds is 15. The quantitative estimate of drug-likeness (QED) is 0.208. The first-order valence-corrected chi connectivity index (χ1v) is 14.0. The minimum absolute atomic E-state index is 0.0157. The smallest absolute Gasteiger partial charge is 0.310 e. The highest BCUT2D eigenvalue weighted by molar-refractivity contribution is 8.02. The summed E-state index contributed by atoms with van der Waals surface area (Å²) in [5.41, 5.74) is 0. The summed E-state index contributed by atoms with van der Waals surface area (Å²) in [6, 6.07) is -0.615. The van der Waals surface area contributed by atoms with E-state index in [9.17, 15) is 19.5 Å². The van der Waals surface area contributed by atoms with Gasteiger partial charge in [-0.1, -0.05) is 38.8 Å². The number of fused-ring (bicyclic) bond motifs is 1. The number of hydrogen-bond acceptors (Lipinski definition) is 6. The number of thioether (sulfide) groups is 1. The van der Waals surface area contributed by atoms with Gasteiger partial charge < -0.3 is 19.6 Å². The Morgan fingerprint density at radius 2 is 2.03 bits per heavy atom. The van der Waals surface area contributed by atoms with Crippen LogP contribution in [-0.2, 0) is 19.1 Å². The van der Waals surface area contributed by atoms with Crippen LogP contribution in [-0.4, -0.2) is 81.6 Å². The van der Waals surface area contributed by atoms with E-state index in [0.717, 1.165) is 25.7 Å². The van der Waals surface area contributed by atoms with Gasteiger partial charge in [0.05, 0.1) is 23.2 Å².